The second-order valence-electron chi connectivity index (χ2n) is 5.89. The Hall–Kier alpha value is -2.56. The van der Waals surface area contributed by atoms with Gasteiger partial charge in [-0.1, -0.05) is 30.7 Å². The molecule has 23 heavy (non-hydrogen) atoms. The van der Waals surface area contributed by atoms with E-state index in [1.807, 2.05) is 24.3 Å². The maximum atomic E-state index is 12.1. The molecule has 1 aliphatic carbocycles. The number of benzene rings is 2. The van der Waals surface area contributed by atoms with Crippen LogP contribution < -0.4 is 10.1 Å². The zero-order valence-corrected chi connectivity index (χ0v) is 12.7. The highest BCUT2D eigenvalue weighted by molar-refractivity contribution is 6.04. The molecule has 0 atom stereocenters. The molecule has 0 radical (unpaired) electrons. The number of nitrogens with one attached hydrogen (secondary N) is 1. The van der Waals surface area contributed by atoms with Gasteiger partial charge in [0.25, 0.3) is 0 Å². The molecule has 1 aliphatic rings. The number of carbonyl (C=O) groups is 2. The van der Waals surface area contributed by atoms with Crippen LogP contribution in [0.25, 0.3) is 10.8 Å². The van der Waals surface area contributed by atoms with E-state index in [2.05, 4.69) is 5.32 Å². The predicted molar refractivity (Wildman–Crippen MR) is 87.7 cm³/mol. The van der Waals surface area contributed by atoms with Gasteiger partial charge >= 0.3 is 5.97 Å². The molecule has 0 unspecified atom stereocenters. The molecular weight excluding hydrogens is 294 g/mol. The van der Waals surface area contributed by atoms with E-state index in [9.17, 15) is 9.59 Å². The molecular formula is C18H19NO4. The number of anilines is 1. The number of ether oxygens (including phenoxy) is 1. The Morgan fingerprint density at radius 2 is 1.87 bits per heavy atom. The van der Waals surface area contributed by atoms with Crippen LogP contribution in [0.5, 0.6) is 5.75 Å². The number of hydrogen-bond acceptors (Lipinski definition) is 3. The van der Waals surface area contributed by atoms with Gasteiger partial charge in [-0.2, -0.15) is 0 Å². The Kier molecular flexibility index (Phi) is 4.46. The van der Waals surface area contributed by atoms with Crippen molar-refractivity contribution in [3.63, 3.8) is 0 Å². The smallest absolute Gasteiger partial charge is 0.341 e. The number of hydrogen-bond donors (Lipinski definition) is 2. The van der Waals surface area contributed by atoms with Gasteiger partial charge in [-0.05, 0) is 30.9 Å². The average molecular weight is 313 g/mol. The van der Waals surface area contributed by atoms with Gasteiger partial charge in [-0.25, -0.2) is 4.79 Å². The van der Waals surface area contributed by atoms with E-state index in [-0.39, 0.29) is 5.91 Å². The van der Waals surface area contributed by atoms with Crippen molar-refractivity contribution in [2.24, 2.45) is 5.92 Å². The first-order valence-corrected chi connectivity index (χ1v) is 7.79. The molecule has 120 valence electrons. The molecule has 0 saturated heterocycles. The highest BCUT2D eigenvalue weighted by Crippen LogP contribution is 2.33. The Morgan fingerprint density at radius 3 is 2.52 bits per heavy atom. The lowest BCUT2D eigenvalue weighted by atomic mass is 9.83. The minimum atomic E-state index is -1.02. The lowest BCUT2D eigenvalue weighted by Gasteiger charge is -2.24. The van der Waals surface area contributed by atoms with Crippen molar-refractivity contribution in [1.82, 2.24) is 0 Å². The van der Waals surface area contributed by atoms with Gasteiger partial charge in [-0.3, -0.25) is 4.79 Å². The number of carboxylic acid groups (broad SMARTS) is 1. The van der Waals surface area contributed by atoms with Gasteiger partial charge in [0.05, 0.1) is 0 Å². The first-order chi connectivity index (χ1) is 11.1. The van der Waals surface area contributed by atoms with Crippen LogP contribution >= 0.6 is 0 Å². The molecule has 5 heteroatoms. The molecule has 0 aromatic heterocycles. The van der Waals surface area contributed by atoms with Crippen LogP contribution in [0.1, 0.15) is 25.7 Å². The van der Waals surface area contributed by atoms with Crippen LogP contribution in [0.15, 0.2) is 36.4 Å². The van der Waals surface area contributed by atoms with Crippen LogP contribution in [-0.4, -0.2) is 23.6 Å². The summed E-state index contributed by atoms with van der Waals surface area (Å²) in [6.45, 7) is -0.391. The second kappa shape index (κ2) is 6.69. The minimum absolute atomic E-state index is 0.0269. The lowest BCUT2D eigenvalue weighted by Crippen LogP contribution is -2.21. The Balaban J connectivity index is 1.81. The topological polar surface area (TPSA) is 75.6 Å². The minimum Gasteiger partial charge on any atom is -0.481 e. The fourth-order valence-electron chi connectivity index (χ4n) is 2.81. The summed E-state index contributed by atoms with van der Waals surface area (Å²) in [6.07, 6.45) is 4.05. The third-order valence-electron chi connectivity index (χ3n) is 4.21. The van der Waals surface area contributed by atoms with Crippen LogP contribution in [0.3, 0.4) is 0 Å². The molecule has 0 spiro atoms. The molecule has 5 nitrogen and oxygen atoms in total. The van der Waals surface area contributed by atoms with Crippen molar-refractivity contribution in [3.05, 3.63) is 36.4 Å². The maximum Gasteiger partial charge on any atom is 0.341 e. The largest absolute Gasteiger partial charge is 0.481 e. The van der Waals surface area contributed by atoms with Crippen LogP contribution in [0.2, 0.25) is 0 Å². The number of amides is 1. The SMILES string of the molecule is O=C(O)COc1ccc(NC(=O)CC2CCC2)c2ccccc12. The van der Waals surface area contributed by atoms with Crippen molar-refractivity contribution in [2.75, 3.05) is 11.9 Å². The molecule has 1 fully saturated rings. The number of fused-ring (bicyclic) bond motifs is 1. The molecule has 0 bridgehead atoms. The Labute approximate surface area is 134 Å². The molecule has 0 heterocycles. The lowest BCUT2D eigenvalue weighted by molar-refractivity contribution is -0.139. The quantitative estimate of drug-likeness (QED) is 0.856. The zero-order valence-electron chi connectivity index (χ0n) is 12.7. The highest BCUT2D eigenvalue weighted by Gasteiger charge is 2.21. The summed E-state index contributed by atoms with van der Waals surface area (Å²) in [5.41, 5.74) is 0.729. The first-order valence-electron chi connectivity index (χ1n) is 7.79. The standard InChI is InChI=1S/C18H19NO4/c20-17(10-12-4-3-5-12)19-15-8-9-16(23-11-18(21)22)14-7-2-1-6-13(14)15/h1-2,6-9,12H,3-5,10-11H2,(H,19,20)(H,21,22). The Bertz CT molecular complexity index is 737. The second-order valence-corrected chi connectivity index (χ2v) is 5.89. The van der Waals surface area contributed by atoms with Gasteiger partial charge in [0.2, 0.25) is 5.91 Å². The van der Waals surface area contributed by atoms with E-state index in [1.165, 1.54) is 6.42 Å². The predicted octanol–water partition coefficient (Wildman–Crippen LogP) is 3.43. The van der Waals surface area contributed by atoms with Crippen molar-refractivity contribution in [3.8, 4) is 5.75 Å². The van der Waals surface area contributed by atoms with Crippen molar-refractivity contribution >= 4 is 28.3 Å². The maximum absolute atomic E-state index is 12.1. The molecule has 2 aromatic rings. The van der Waals surface area contributed by atoms with Gasteiger partial charge in [0.1, 0.15) is 5.75 Å². The summed E-state index contributed by atoms with van der Waals surface area (Å²) in [7, 11) is 0. The Morgan fingerprint density at radius 1 is 1.13 bits per heavy atom. The zero-order chi connectivity index (χ0) is 16.2. The van der Waals surface area contributed by atoms with Gasteiger partial charge < -0.3 is 15.2 Å². The van der Waals surface area contributed by atoms with E-state index in [4.69, 9.17) is 9.84 Å². The summed E-state index contributed by atoms with van der Waals surface area (Å²) in [5.74, 6) is 0.0189. The molecule has 2 aromatic carbocycles. The normalized spacial score (nSPS) is 14.3. The number of carboxylic acids is 1. The van der Waals surface area contributed by atoms with E-state index < -0.39 is 12.6 Å². The van der Waals surface area contributed by atoms with Crippen LogP contribution in [-0.2, 0) is 9.59 Å². The van der Waals surface area contributed by atoms with Crippen molar-refractivity contribution < 1.29 is 19.4 Å². The van der Waals surface area contributed by atoms with E-state index in [0.717, 1.165) is 29.3 Å². The summed E-state index contributed by atoms with van der Waals surface area (Å²) < 4.78 is 5.32. The third-order valence-corrected chi connectivity index (χ3v) is 4.21. The molecule has 1 saturated carbocycles. The van der Waals surface area contributed by atoms with Crippen LogP contribution in [0, 0.1) is 5.92 Å². The average Bonchev–Trinajstić information content (AvgIpc) is 2.50. The molecule has 2 N–H and O–H groups in total. The van der Waals surface area contributed by atoms with Gasteiger partial charge in [0.15, 0.2) is 6.61 Å². The van der Waals surface area contributed by atoms with Crippen molar-refractivity contribution in [2.45, 2.75) is 25.7 Å². The van der Waals surface area contributed by atoms with E-state index in [0.29, 0.717) is 18.1 Å². The summed E-state index contributed by atoms with van der Waals surface area (Å²) in [4.78, 5) is 22.8. The first kappa shape index (κ1) is 15.3. The van der Waals surface area contributed by atoms with Gasteiger partial charge in [-0.15, -0.1) is 0 Å². The molecule has 1 amide bonds. The monoisotopic (exact) mass is 313 g/mol. The number of carbonyl (C=O) groups excluding carboxylic acids is 1. The summed E-state index contributed by atoms with van der Waals surface area (Å²) >= 11 is 0. The summed E-state index contributed by atoms with van der Waals surface area (Å²) in [5, 5.41) is 13.3. The fraction of sp³-hybridized carbons (Fsp3) is 0.333. The molecule has 3 rings (SSSR count). The van der Waals surface area contributed by atoms with Crippen molar-refractivity contribution in [1.29, 1.82) is 0 Å². The van der Waals surface area contributed by atoms with Crippen LogP contribution in [0.4, 0.5) is 5.69 Å². The highest BCUT2D eigenvalue weighted by atomic mass is 16.5. The summed E-state index contributed by atoms with van der Waals surface area (Å²) in [6, 6.07) is 10.9. The van der Waals surface area contributed by atoms with Gasteiger partial charge in [0, 0.05) is 22.9 Å². The molecule has 0 aliphatic heterocycles. The fourth-order valence-corrected chi connectivity index (χ4v) is 2.81. The number of aliphatic carboxylic acids is 1. The number of rotatable bonds is 6. The van der Waals surface area contributed by atoms with E-state index in [1.54, 1.807) is 12.1 Å². The third kappa shape index (κ3) is 3.62. The van der Waals surface area contributed by atoms with E-state index >= 15 is 0 Å².